The Labute approximate surface area is 108 Å². The van der Waals surface area contributed by atoms with Crippen LogP contribution in [0.3, 0.4) is 0 Å². The molecule has 96 valence electrons. The van der Waals surface area contributed by atoms with E-state index in [9.17, 15) is 9.59 Å². The van der Waals surface area contributed by atoms with Crippen molar-refractivity contribution in [1.82, 2.24) is 5.32 Å². The maximum absolute atomic E-state index is 11.8. The summed E-state index contributed by atoms with van der Waals surface area (Å²) in [4.78, 5) is 23.5. The van der Waals surface area contributed by atoms with Crippen molar-refractivity contribution >= 4 is 11.7 Å². The first-order valence-electron chi connectivity index (χ1n) is 6.63. The van der Waals surface area contributed by atoms with Crippen molar-refractivity contribution in [2.45, 2.75) is 44.6 Å². The number of Topliss-reactive ketones (excluding diaryl/α,β-unsaturated/α-hetero) is 1. The van der Waals surface area contributed by atoms with E-state index in [4.69, 9.17) is 0 Å². The normalized spacial score (nSPS) is 16.2. The van der Waals surface area contributed by atoms with Crippen LogP contribution in [0.1, 0.15) is 37.7 Å². The molecule has 3 nitrogen and oxygen atoms in total. The predicted molar refractivity (Wildman–Crippen MR) is 70.2 cm³/mol. The lowest BCUT2D eigenvalue weighted by Gasteiger charge is -2.22. The van der Waals surface area contributed by atoms with E-state index < -0.39 is 5.91 Å². The average molecular weight is 245 g/mol. The van der Waals surface area contributed by atoms with Gasteiger partial charge in [0.2, 0.25) is 5.78 Å². The Hall–Kier alpha value is -1.64. The first-order chi connectivity index (χ1) is 8.75. The Kier molecular flexibility index (Phi) is 4.51. The van der Waals surface area contributed by atoms with Crippen LogP contribution in [0.2, 0.25) is 0 Å². The Balaban J connectivity index is 1.83. The Morgan fingerprint density at radius 1 is 1.06 bits per heavy atom. The zero-order valence-electron chi connectivity index (χ0n) is 10.5. The summed E-state index contributed by atoms with van der Waals surface area (Å²) in [5, 5.41) is 2.85. The summed E-state index contributed by atoms with van der Waals surface area (Å²) >= 11 is 0. The number of hydrogen-bond donors (Lipinski definition) is 1. The maximum atomic E-state index is 11.8. The summed E-state index contributed by atoms with van der Waals surface area (Å²) in [6, 6.07) is 9.59. The topological polar surface area (TPSA) is 46.2 Å². The van der Waals surface area contributed by atoms with Gasteiger partial charge in [-0.3, -0.25) is 9.59 Å². The fraction of sp³-hybridized carbons (Fsp3) is 0.467. The van der Waals surface area contributed by atoms with Gasteiger partial charge in [0.15, 0.2) is 0 Å². The molecule has 0 bridgehead atoms. The molecule has 1 amide bonds. The first kappa shape index (κ1) is 12.8. The van der Waals surface area contributed by atoms with Gasteiger partial charge < -0.3 is 5.32 Å². The van der Waals surface area contributed by atoms with Gasteiger partial charge in [0, 0.05) is 12.5 Å². The zero-order valence-corrected chi connectivity index (χ0v) is 10.5. The molecule has 0 aromatic heterocycles. The number of ketones is 1. The zero-order chi connectivity index (χ0) is 12.8. The third kappa shape index (κ3) is 3.69. The molecule has 2 rings (SSSR count). The van der Waals surface area contributed by atoms with E-state index in [0.29, 0.717) is 0 Å². The van der Waals surface area contributed by atoms with Gasteiger partial charge in [0.25, 0.3) is 5.91 Å². The van der Waals surface area contributed by atoms with E-state index in [1.54, 1.807) is 0 Å². The van der Waals surface area contributed by atoms with Crippen LogP contribution in [0.4, 0.5) is 0 Å². The van der Waals surface area contributed by atoms with E-state index in [1.165, 1.54) is 6.42 Å². The average Bonchev–Trinajstić information content (AvgIpc) is 2.41. The van der Waals surface area contributed by atoms with E-state index in [0.717, 1.165) is 31.2 Å². The number of benzene rings is 1. The molecular formula is C15H19NO2. The van der Waals surface area contributed by atoms with Gasteiger partial charge in [0.1, 0.15) is 0 Å². The SMILES string of the molecule is O=C(Cc1ccccc1)C(=O)NC1CCCCC1. The molecule has 18 heavy (non-hydrogen) atoms. The summed E-state index contributed by atoms with van der Waals surface area (Å²) in [5.41, 5.74) is 0.890. The molecule has 1 aromatic carbocycles. The van der Waals surface area contributed by atoms with Crippen LogP contribution < -0.4 is 5.32 Å². The standard InChI is InChI=1S/C15H19NO2/c17-14(11-12-7-3-1-4-8-12)15(18)16-13-9-5-2-6-10-13/h1,3-4,7-8,13H,2,5-6,9-11H2,(H,16,18). The van der Waals surface area contributed by atoms with Crippen LogP contribution in [-0.2, 0) is 16.0 Å². The summed E-state index contributed by atoms with van der Waals surface area (Å²) in [7, 11) is 0. The summed E-state index contributed by atoms with van der Waals surface area (Å²) in [5.74, 6) is -0.766. The largest absolute Gasteiger partial charge is 0.347 e. The second-order valence-corrected chi connectivity index (χ2v) is 4.89. The van der Waals surface area contributed by atoms with E-state index in [1.807, 2.05) is 30.3 Å². The monoisotopic (exact) mass is 245 g/mol. The highest BCUT2D eigenvalue weighted by atomic mass is 16.2. The Morgan fingerprint density at radius 3 is 2.39 bits per heavy atom. The molecule has 0 unspecified atom stereocenters. The molecule has 0 atom stereocenters. The molecule has 1 N–H and O–H groups in total. The number of nitrogens with one attached hydrogen (secondary N) is 1. The van der Waals surface area contributed by atoms with Gasteiger partial charge >= 0.3 is 0 Å². The van der Waals surface area contributed by atoms with Crippen LogP contribution in [0.25, 0.3) is 0 Å². The van der Waals surface area contributed by atoms with Crippen molar-refractivity contribution in [2.24, 2.45) is 0 Å². The van der Waals surface area contributed by atoms with Crippen LogP contribution >= 0.6 is 0 Å². The Morgan fingerprint density at radius 2 is 1.72 bits per heavy atom. The van der Waals surface area contributed by atoms with Gasteiger partial charge in [-0.1, -0.05) is 49.6 Å². The molecule has 0 radical (unpaired) electrons. The molecule has 0 spiro atoms. The fourth-order valence-corrected chi connectivity index (χ4v) is 2.37. The number of amides is 1. The molecule has 1 aromatic rings. The van der Waals surface area contributed by atoms with Crippen LogP contribution in [-0.4, -0.2) is 17.7 Å². The van der Waals surface area contributed by atoms with Crippen molar-refractivity contribution in [3.63, 3.8) is 0 Å². The molecule has 1 fully saturated rings. The molecular weight excluding hydrogens is 226 g/mol. The number of carbonyl (C=O) groups is 2. The molecule has 1 aliphatic carbocycles. The minimum atomic E-state index is -0.425. The lowest BCUT2D eigenvalue weighted by atomic mass is 9.95. The van der Waals surface area contributed by atoms with Crippen molar-refractivity contribution in [2.75, 3.05) is 0 Å². The second kappa shape index (κ2) is 6.34. The van der Waals surface area contributed by atoms with Crippen LogP contribution in [0.15, 0.2) is 30.3 Å². The molecule has 0 aliphatic heterocycles. The highest BCUT2D eigenvalue weighted by Crippen LogP contribution is 2.17. The van der Waals surface area contributed by atoms with Gasteiger partial charge in [-0.15, -0.1) is 0 Å². The van der Waals surface area contributed by atoms with Gasteiger partial charge in [-0.05, 0) is 18.4 Å². The van der Waals surface area contributed by atoms with Gasteiger partial charge in [-0.25, -0.2) is 0 Å². The van der Waals surface area contributed by atoms with E-state index in [2.05, 4.69) is 5.32 Å². The van der Waals surface area contributed by atoms with Gasteiger partial charge in [-0.2, -0.15) is 0 Å². The minimum absolute atomic E-state index is 0.194. The van der Waals surface area contributed by atoms with Crippen LogP contribution in [0.5, 0.6) is 0 Å². The second-order valence-electron chi connectivity index (χ2n) is 4.89. The predicted octanol–water partition coefficient (Wildman–Crippen LogP) is 2.25. The summed E-state index contributed by atoms with van der Waals surface area (Å²) < 4.78 is 0. The highest BCUT2D eigenvalue weighted by Gasteiger charge is 2.20. The first-order valence-corrected chi connectivity index (χ1v) is 6.63. The van der Waals surface area contributed by atoms with E-state index in [-0.39, 0.29) is 18.2 Å². The van der Waals surface area contributed by atoms with Crippen molar-refractivity contribution in [3.05, 3.63) is 35.9 Å². The lowest BCUT2D eigenvalue weighted by Crippen LogP contribution is -2.40. The third-order valence-electron chi connectivity index (χ3n) is 3.40. The molecule has 1 saturated carbocycles. The number of hydrogen-bond acceptors (Lipinski definition) is 2. The minimum Gasteiger partial charge on any atom is -0.347 e. The van der Waals surface area contributed by atoms with Crippen LogP contribution in [0, 0.1) is 0 Å². The smallest absolute Gasteiger partial charge is 0.287 e. The van der Waals surface area contributed by atoms with Crippen molar-refractivity contribution in [1.29, 1.82) is 0 Å². The number of carbonyl (C=O) groups excluding carboxylic acids is 2. The maximum Gasteiger partial charge on any atom is 0.287 e. The third-order valence-corrected chi connectivity index (χ3v) is 3.40. The number of rotatable bonds is 4. The molecule has 3 heteroatoms. The molecule has 1 aliphatic rings. The van der Waals surface area contributed by atoms with Gasteiger partial charge in [0.05, 0.1) is 0 Å². The van der Waals surface area contributed by atoms with Crippen molar-refractivity contribution < 1.29 is 9.59 Å². The Bertz CT molecular complexity index is 408. The highest BCUT2D eigenvalue weighted by molar-refractivity contribution is 6.36. The van der Waals surface area contributed by atoms with Crippen molar-refractivity contribution in [3.8, 4) is 0 Å². The lowest BCUT2D eigenvalue weighted by molar-refractivity contribution is -0.138. The molecule has 0 saturated heterocycles. The molecule has 0 heterocycles. The quantitative estimate of drug-likeness (QED) is 0.827. The summed E-state index contributed by atoms with van der Waals surface area (Å²) in [6.07, 6.45) is 5.74. The van der Waals surface area contributed by atoms with E-state index >= 15 is 0 Å². The fourth-order valence-electron chi connectivity index (χ4n) is 2.37. The summed E-state index contributed by atoms with van der Waals surface area (Å²) in [6.45, 7) is 0.